The van der Waals surface area contributed by atoms with Gasteiger partial charge in [0.05, 0.1) is 0 Å². The molecule has 3 fully saturated rings. The summed E-state index contributed by atoms with van der Waals surface area (Å²) in [6.07, 6.45) is 7.38. The van der Waals surface area contributed by atoms with Gasteiger partial charge < -0.3 is 9.64 Å². The minimum absolute atomic E-state index is 0.0315. The number of Topliss-reactive ketones (excluding diaryl/α,β-unsaturated/α-hetero) is 1. The zero-order chi connectivity index (χ0) is 27.1. The highest BCUT2D eigenvalue weighted by atomic mass is 19.1. The van der Waals surface area contributed by atoms with Crippen LogP contribution in [-0.2, 0) is 14.3 Å². The van der Waals surface area contributed by atoms with Crippen LogP contribution in [0.1, 0.15) is 76.7 Å². The molecule has 0 spiro atoms. The Balaban J connectivity index is 1.30. The molecule has 1 aromatic rings. The summed E-state index contributed by atoms with van der Waals surface area (Å²) in [5, 5.41) is 0. The molecule has 206 valence electrons. The quantitative estimate of drug-likeness (QED) is 0.318. The number of benzene rings is 1. The molecule has 4 nitrogen and oxygen atoms in total. The van der Waals surface area contributed by atoms with Crippen LogP contribution in [-0.4, -0.2) is 44.0 Å². The number of hydrogen-bond acceptors (Lipinski definition) is 4. The lowest BCUT2D eigenvalue weighted by Crippen LogP contribution is -2.44. The van der Waals surface area contributed by atoms with E-state index in [0.29, 0.717) is 18.4 Å². The molecule has 1 heterocycles. The van der Waals surface area contributed by atoms with E-state index in [4.69, 9.17) is 4.74 Å². The highest BCUT2D eigenvalue weighted by Crippen LogP contribution is 2.63. The average Bonchev–Trinajstić information content (AvgIpc) is 3.59. The molecule has 2 saturated carbocycles. The van der Waals surface area contributed by atoms with E-state index in [1.807, 2.05) is 0 Å². The monoisotopic (exact) mass is 529 g/mol. The molecule has 0 aromatic heterocycles. The fourth-order valence-electron chi connectivity index (χ4n) is 8.67. The molecule has 6 atom stereocenters. The van der Waals surface area contributed by atoms with Crippen LogP contribution in [0.3, 0.4) is 0 Å². The van der Waals surface area contributed by atoms with Crippen LogP contribution in [0.5, 0.6) is 0 Å². The third-order valence-electron chi connectivity index (χ3n) is 10.6. The van der Waals surface area contributed by atoms with E-state index in [1.165, 1.54) is 24.1 Å². The van der Waals surface area contributed by atoms with Gasteiger partial charge in [-0.15, -0.1) is 5.92 Å². The van der Waals surface area contributed by atoms with E-state index in [9.17, 15) is 9.59 Å². The summed E-state index contributed by atoms with van der Waals surface area (Å²) in [6, 6.07) is 8.69. The summed E-state index contributed by atoms with van der Waals surface area (Å²) < 4.78 is 21.5. The Morgan fingerprint density at radius 3 is 2.69 bits per heavy atom. The number of carbonyl (C=O) groups excluding carboxylic acids is 2. The van der Waals surface area contributed by atoms with Crippen LogP contribution in [0, 0.1) is 35.0 Å². The predicted molar refractivity (Wildman–Crippen MR) is 151 cm³/mol. The summed E-state index contributed by atoms with van der Waals surface area (Å²) in [4.78, 5) is 28.5. The first-order chi connectivity index (χ1) is 18.9. The standard InChI is InChI=1S/C34H40FNO3/c1-3-4-17-39-21-32(38)30-12-11-29-27-20-31(35)28-19-24(37)18-26(33(28)25(27)13-14-34(29,30)2)22-7-9-23(10-8-22)36-15-5-6-16-36/h7-10,19,26-27,29-31H,5-6,11-18,20-21H2,1-2H3/t26-,27+,29-,30+,31?,34-/m0/s1. The number of allylic oxidation sites excluding steroid dienone is 4. The highest BCUT2D eigenvalue weighted by molar-refractivity contribution is 5.94. The smallest absolute Gasteiger partial charge is 0.162 e. The largest absolute Gasteiger partial charge is 0.372 e. The van der Waals surface area contributed by atoms with Crippen molar-refractivity contribution in [2.24, 2.45) is 23.2 Å². The van der Waals surface area contributed by atoms with Crippen molar-refractivity contribution in [3.05, 3.63) is 52.6 Å². The Bertz CT molecular complexity index is 1260. The summed E-state index contributed by atoms with van der Waals surface area (Å²) in [5.41, 5.74) is 5.31. The first-order valence-electron chi connectivity index (χ1n) is 14.9. The van der Waals surface area contributed by atoms with Crippen LogP contribution in [0.25, 0.3) is 0 Å². The predicted octanol–water partition coefficient (Wildman–Crippen LogP) is 6.36. The first-order valence-corrected chi connectivity index (χ1v) is 14.9. The minimum atomic E-state index is -1.13. The molecule has 1 unspecified atom stereocenters. The van der Waals surface area contributed by atoms with E-state index < -0.39 is 6.17 Å². The molecule has 1 aliphatic heterocycles. The molecule has 6 rings (SSSR count). The van der Waals surface area contributed by atoms with Crippen LogP contribution in [0.2, 0.25) is 0 Å². The molecule has 5 aliphatic rings. The number of ketones is 2. The number of ether oxygens (including phenoxy) is 1. The average molecular weight is 530 g/mol. The van der Waals surface area contributed by atoms with Gasteiger partial charge >= 0.3 is 0 Å². The van der Waals surface area contributed by atoms with Gasteiger partial charge in [-0.3, -0.25) is 9.59 Å². The van der Waals surface area contributed by atoms with Gasteiger partial charge in [0.2, 0.25) is 0 Å². The normalized spacial score (nSPS) is 33.6. The lowest BCUT2D eigenvalue weighted by atomic mass is 9.54. The molecule has 0 bridgehead atoms. The van der Waals surface area contributed by atoms with Gasteiger partial charge in [-0.2, -0.15) is 0 Å². The summed E-state index contributed by atoms with van der Waals surface area (Å²) in [5.74, 6) is 6.16. The van der Waals surface area contributed by atoms with Crippen LogP contribution in [0.15, 0.2) is 47.1 Å². The number of hydrogen-bond donors (Lipinski definition) is 0. The minimum Gasteiger partial charge on any atom is -0.372 e. The highest BCUT2D eigenvalue weighted by Gasteiger charge is 2.57. The maximum atomic E-state index is 15.9. The molecule has 1 aromatic carbocycles. The van der Waals surface area contributed by atoms with Gasteiger partial charge in [0.25, 0.3) is 0 Å². The molecule has 0 amide bonds. The summed E-state index contributed by atoms with van der Waals surface area (Å²) >= 11 is 0. The summed E-state index contributed by atoms with van der Waals surface area (Å²) in [7, 11) is 0. The van der Waals surface area contributed by atoms with Crippen LogP contribution < -0.4 is 4.90 Å². The first kappa shape index (κ1) is 26.5. The van der Waals surface area contributed by atoms with E-state index in [1.54, 1.807) is 13.0 Å². The van der Waals surface area contributed by atoms with Crippen molar-refractivity contribution < 1.29 is 18.7 Å². The number of carbonyl (C=O) groups is 2. The third-order valence-corrected chi connectivity index (χ3v) is 10.6. The Kier molecular flexibility index (Phi) is 7.27. The Hall–Kier alpha value is -2.71. The Morgan fingerprint density at radius 2 is 1.95 bits per heavy atom. The van der Waals surface area contributed by atoms with Crippen molar-refractivity contribution in [2.45, 2.75) is 77.3 Å². The van der Waals surface area contributed by atoms with Gasteiger partial charge in [0.15, 0.2) is 11.6 Å². The topological polar surface area (TPSA) is 46.6 Å². The van der Waals surface area contributed by atoms with Crippen molar-refractivity contribution in [1.29, 1.82) is 0 Å². The number of rotatable bonds is 6. The van der Waals surface area contributed by atoms with E-state index in [0.717, 1.165) is 49.9 Å². The lowest BCUT2D eigenvalue weighted by molar-refractivity contribution is -0.131. The molecule has 0 N–H and O–H groups in total. The zero-order valence-corrected chi connectivity index (χ0v) is 23.3. The van der Waals surface area contributed by atoms with Crippen molar-refractivity contribution in [3.8, 4) is 11.8 Å². The second kappa shape index (κ2) is 10.7. The van der Waals surface area contributed by atoms with Gasteiger partial charge in [0, 0.05) is 37.0 Å². The van der Waals surface area contributed by atoms with Crippen LogP contribution in [0.4, 0.5) is 10.1 Å². The van der Waals surface area contributed by atoms with E-state index in [-0.39, 0.29) is 53.9 Å². The van der Waals surface area contributed by atoms with Crippen molar-refractivity contribution in [3.63, 3.8) is 0 Å². The number of halogens is 1. The van der Waals surface area contributed by atoms with Gasteiger partial charge in [-0.1, -0.05) is 30.6 Å². The van der Waals surface area contributed by atoms with Crippen LogP contribution >= 0.6 is 0 Å². The van der Waals surface area contributed by atoms with Gasteiger partial charge in [-0.25, -0.2) is 4.39 Å². The van der Waals surface area contributed by atoms with Gasteiger partial charge in [0.1, 0.15) is 19.4 Å². The maximum Gasteiger partial charge on any atom is 0.162 e. The van der Waals surface area contributed by atoms with Crippen molar-refractivity contribution >= 4 is 17.3 Å². The molecule has 1 saturated heterocycles. The fourth-order valence-corrected chi connectivity index (χ4v) is 8.67. The number of alkyl halides is 1. The second-order valence-corrected chi connectivity index (χ2v) is 12.5. The van der Waals surface area contributed by atoms with E-state index in [2.05, 4.69) is 47.9 Å². The molecule has 0 radical (unpaired) electrons. The molecular weight excluding hydrogens is 489 g/mol. The summed E-state index contributed by atoms with van der Waals surface area (Å²) in [6.45, 7) is 6.61. The van der Waals surface area contributed by atoms with Gasteiger partial charge in [-0.05, 0) is 104 Å². The maximum absolute atomic E-state index is 15.9. The molecular formula is C34H40FNO3. The van der Waals surface area contributed by atoms with E-state index >= 15 is 4.39 Å². The van der Waals surface area contributed by atoms with Crippen molar-refractivity contribution in [2.75, 3.05) is 31.2 Å². The molecule has 4 aliphatic carbocycles. The second-order valence-electron chi connectivity index (χ2n) is 12.5. The number of fused-ring (bicyclic) bond motifs is 4. The lowest BCUT2D eigenvalue weighted by Gasteiger charge is -2.50. The number of anilines is 1. The SMILES string of the molecule is CC#CCOCC(=O)[C@H]1CC[C@H]2[C@@H]3CC(F)C4=CC(=O)C[C@@H](c5ccc(N6CCCC6)cc5)C4=C3CC[C@]12C. The Morgan fingerprint density at radius 1 is 1.18 bits per heavy atom. The molecule has 5 heteroatoms. The zero-order valence-electron chi connectivity index (χ0n) is 23.3. The third kappa shape index (κ3) is 4.69. The fraction of sp³-hybridized carbons (Fsp3) is 0.588. The molecule has 39 heavy (non-hydrogen) atoms. The van der Waals surface area contributed by atoms with Crippen molar-refractivity contribution in [1.82, 2.24) is 0 Å². The Labute approximate surface area is 232 Å². The number of nitrogens with zero attached hydrogens (tertiary/aromatic N) is 1.